The molecule has 3 saturated heterocycles. The van der Waals surface area contributed by atoms with Crippen LogP contribution in [0.15, 0.2) is 48.7 Å². The van der Waals surface area contributed by atoms with Gasteiger partial charge in [0.15, 0.2) is 11.5 Å². The molecule has 0 radical (unpaired) electrons. The molecule has 1 unspecified atom stereocenters. The second kappa shape index (κ2) is 16.4. The summed E-state index contributed by atoms with van der Waals surface area (Å²) in [4.78, 5) is 104. The summed E-state index contributed by atoms with van der Waals surface area (Å²) < 4.78 is 6.04. The summed E-state index contributed by atoms with van der Waals surface area (Å²) in [6.45, 7) is 3.08. The van der Waals surface area contributed by atoms with Gasteiger partial charge in [0.25, 0.3) is 17.7 Å². The number of primary amides is 1. The van der Waals surface area contributed by atoms with Gasteiger partial charge in [0.2, 0.25) is 17.7 Å². The maximum Gasteiger partial charge on any atom is 0.320 e. The Kier molecular flexibility index (Phi) is 11.0. The molecule has 5 N–H and O–H groups in total. The molecule has 1 saturated carbocycles. The minimum atomic E-state index is -1.02. The molecule has 8 rings (SSSR count). The number of nitrogens with two attached hydrogens (primary N) is 1. The molecule has 3 aromatic rings. The number of amides is 8. The highest BCUT2D eigenvalue weighted by atomic mass is 16.5. The van der Waals surface area contributed by atoms with Crippen LogP contribution in [0.25, 0.3) is 0 Å². The lowest BCUT2D eigenvalue weighted by atomic mass is 9.81. The summed E-state index contributed by atoms with van der Waals surface area (Å²) in [5.74, 6) is -2.53. The van der Waals surface area contributed by atoms with E-state index < -0.39 is 35.6 Å². The zero-order valence-corrected chi connectivity index (χ0v) is 32.6. The first kappa shape index (κ1) is 39.4. The predicted octanol–water partition coefficient (Wildman–Crippen LogP) is 2.42. The van der Waals surface area contributed by atoms with Gasteiger partial charge >= 0.3 is 6.03 Å². The Labute approximate surface area is 339 Å². The first-order valence-corrected chi connectivity index (χ1v) is 20.0. The van der Waals surface area contributed by atoms with Crippen LogP contribution in [-0.2, 0) is 25.5 Å². The molecule has 5 heterocycles. The van der Waals surface area contributed by atoms with Crippen molar-refractivity contribution in [3.63, 3.8) is 0 Å². The summed E-state index contributed by atoms with van der Waals surface area (Å²) in [5.41, 5.74) is 7.97. The number of benzene rings is 2. The van der Waals surface area contributed by atoms with Crippen LogP contribution in [0.5, 0.6) is 0 Å². The van der Waals surface area contributed by atoms with Crippen molar-refractivity contribution in [2.75, 3.05) is 55.4 Å². The molecule has 2 aromatic carbocycles. The first-order valence-electron chi connectivity index (χ1n) is 20.0. The van der Waals surface area contributed by atoms with E-state index in [9.17, 15) is 33.6 Å². The number of fused-ring (bicyclic) bond motifs is 1. The number of imide groups is 2. The summed E-state index contributed by atoms with van der Waals surface area (Å²) in [6, 6.07) is 11.2. The number of aromatic nitrogens is 2. The monoisotopic (exact) mass is 806 g/mol. The minimum Gasteiger partial charge on any atom is -0.378 e. The molecule has 59 heavy (non-hydrogen) atoms. The third kappa shape index (κ3) is 8.04. The molecule has 2 atom stereocenters. The molecule has 18 nitrogen and oxygen atoms in total. The SMILES string of the molecule is CN1CCN([C@@H]2CCCN(c3cnc(C(N)=O)c(Nc4cccc(NC(=O)C5CC(OCCCc6cccc7c6C(=O)N(C6CCC(=O)NC6=O)C7=O)C5)c4)n3)C2)C1=O. The Morgan fingerprint density at radius 2 is 1.78 bits per heavy atom. The van der Waals surface area contributed by atoms with E-state index in [0.29, 0.717) is 74.7 Å². The fourth-order valence-corrected chi connectivity index (χ4v) is 8.50. The number of piperidine rings is 2. The fraction of sp³-hybridized carbons (Fsp3) is 0.439. The van der Waals surface area contributed by atoms with Crippen molar-refractivity contribution in [1.29, 1.82) is 0 Å². The van der Waals surface area contributed by atoms with Crippen LogP contribution in [-0.4, -0.2) is 124 Å². The van der Waals surface area contributed by atoms with Gasteiger partial charge in [0, 0.05) is 63.5 Å². The topological polar surface area (TPSA) is 230 Å². The Bertz CT molecular complexity index is 2230. The number of rotatable bonds is 13. The predicted molar refractivity (Wildman–Crippen MR) is 213 cm³/mol. The van der Waals surface area contributed by atoms with Crippen LogP contribution in [0.3, 0.4) is 0 Å². The van der Waals surface area contributed by atoms with Gasteiger partial charge in [-0.2, -0.15) is 0 Å². The van der Waals surface area contributed by atoms with E-state index in [1.807, 2.05) is 4.90 Å². The van der Waals surface area contributed by atoms with Gasteiger partial charge in [-0.15, -0.1) is 0 Å². The summed E-state index contributed by atoms with van der Waals surface area (Å²) in [5, 5.41) is 8.35. The van der Waals surface area contributed by atoms with Gasteiger partial charge in [-0.25, -0.2) is 14.8 Å². The highest BCUT2D eigenvalue weighted by molar-refractivity contribution is 6.24. The van der Waals surface area contributed by atoms with E-state index in [0.717, 1.165) is 24.3 Å². The molecule has 308 valence electrons. The molecule has 8 amide bonds. The summed E-state index contributed by atoms with van der Waals surface area (Å²) >= 11 is 0. The van der Waals surface area contributed by atoms with Crippen molar-refractivity contribution in [3.8, 4) is 0 Å². The maximum absolute atomic E-state index is 13.4. The molecule has 4 aliphatic heterocycles. The number of ether oxygens (including phenoxy) is 1. The third-order valence-electron chi connectivity index (χ3n) is 11.8. The molecule has 4 fully saturated rings. The van der Waals surface area contributed by atoms with Crippen LogP contribution in [0, 0.1) is 5.92 Å². The molecule has 0 bridgehead atoms. The number of nitrogens with zero attached hydrogens (tertiary/aromatic N) is 6. The number of urea groups is 1. The lowest BCUT2D eigenvalue weighted by Gasteiger charge is -2.37. The number of likely N-dealkylation sites (N-methyl/N-ethyl adjacent to an activating group) is 1. The lowest BCUT2D eigenvalue weighted by molar-refractivity contribution is -0.136. The van der Waals surface area contributed by atoms with Crippen molar-refractivity contribution >= 4 is 64.5 Å². The maximum atomic E-state index is 13.4. The second-order valence-electron chi connectivity index (χ2n) is 15.7. The Hall–Kier alpha value is -6.43. The smallest absolute Gasteiger partial charge is 0.320 e. The largest absolute Gasteiger partial charge is 0.378 e. The van der Waals surface area contributed by atoms with Crippen molar-refractivity contribution < 1.29 is 38.3 Å². The number of hydrogen-bond donors (Lipinski definition) is 4. The molecular formula is C41H46N10O8. The van der Waals surface area contributed by atoms with Crippen LogP contribution in [0.4, 0.5) is 27.8 Å². The number of nitrogens with one attached hydrogen (secondary N) is 3. The Morgan fingerprint density at radius 3 is 2.54 bits per heavy atom. The van der Waals surface area contributed by atoms with Gasteiger partial charge in [-0.3, -0.25) is 39.0 Å². The quantitative estimate of drug-likeness (QED) is 0.144. The average Bonchev–Trinajstić information content (AvgIpc) is 3.67. The molecular weight excluding hydrogens is 761 g/mol. The first-order chi connectivity index (χ1) is 28.4. The zero-order valence-electron chi connectivity index (χ0n) is 32.6. The summed E-state index contributed by atoms with van der Waals surface area (Å²) in [6.07, 6.45) is 5.47. The van der Waals surface area contributed by atoms with Crippen molar-refractivity contribution in [2.45, 2.75) is 69.6 Å². The van der Waals surface area contributed by atoms with Gasteiger partial charge in [-0.1, -0.05) is 18.2 Å². The molecule has 0 spiro atoms. The normalized spacial score (nSPS) is 23.0. The third-order valence-corrected chi connectivity index (χ3v) is 11.8. The minimum absolute atomic E-state index is 0.0236. The number of aryl methyl sites for hydroxylation is 1. The van der Waals surface area contributed by atoms with Crippen LogP contribution in [0.2, 0.25) is 0 Å². The number of anilines is 4. The van der Waals surface area contributed by atoms with E-state index in [1.54, 1.807) is 54.4 Å². The van der Waals surface area contributed by atoms with Gasteiger partial charge < -0.3 is 35.8 Å². The Morgan fingerprint density at radius 1 is 0.983 bits per heavy atom. The van der Waals surface area contributed by atoms with Crippen LogP contribution < -0.4 is 26.6 Å². The number of hydrogen-bond acceptors (Lipinski definition) is 12. The van der Waals surface area contributed by atoms with Crippen molar-refractivity contribution in [2.24, 2.45) is 11.7 Å². The zero-order chi connectivity index (χ0) is 41.4. The Balaban J connectivity index is 0.816. The molecule has 1 aromatic heterocycles. The number of carbonyl (C=O) groups excluding carboxylic acids is 7. The highest BCUT2D eigenvalue weighted by Crippen LogP contribution is 2.34. The van der Waals surface area contributed by atoms with E-state index in [2.05, 4.69) is 25.8 Å². The van der Waals surface area contributed by atoms with Gasteiger partial charge in [0.1, 0.15) is 11.9 Å². The second-order valence-corrected chi connectivity index (χ2v) is 15.7. The number of carbonyl (C=O) groups is 7. The average molecular weight is 807 g/mol. The van der Waals surface area contributed by atoms with E-state index in [-0.39, 0.29) is 65.5 Å². The van der Waals surface area contributed by atoms with Gasteiger partial charge in [0.05, 0.1) is 29.5 Å². The summed E-state index contributed by atoms with van der Waals surface area (Å²) in [7, 11) is 1.80. The standard InChI is InChI=1S/C41H46N10O8/c1-48-15-16-50(41(48)58)27-10-4-14-49(22-27)31-21-43-34(35(42)53)36(46-31)44-25-8-3-9-26(20-25)45-37(54)24-18-28(19-24)59-17-5-7-23-6-2-11-29-33(23)40(57)51(39(29)56)30-12-13-32(52)47-38(30)55/h2-3,6,8-9,11,20-21,24,27-28,30H,4-5,7,10,12-19,22H2,1H3,(H2,42,53)(H,44,46)(H,45,54)(H,47,52,55)/t24?,27-,28?,30?/m1/s1. The van der Waals surface area contributed by atoms with Crippen LogP contribution in [0.1, 0.15) is 81.7 Å². The van der Waals surface area contributed by atoms with Crippen molar-refractivity contribution in [3.05, 3.63) is 71.0 Å². The van der Waals surface area contributed by atoms with Crippen molar-refractivity contribution in [1.82, 2.24) is 30.0 Å². The van der Waals surface area contributed by atoms with Gasteiger partial charge in [-0.05, 0) is 74.8 Å². The highest BCUT2D eigenvalue weighted by Gasteiger charge is 2.45. The lowest BCUT2D eigenvalue weighted by Crippen LogP contribution is -2.54. The van der Waals surface area contributed by atoms with E-state index in [4.69, 9.17) is 15.5 Å². The fourth-order valence-electron chi connectivity index (χ4n) is 8.50. The van der Waals surface area contributed by atoms with E-state index >= 15 is 0 Å². The molecule has 18 heteroatoms. The molecule has 5 aliphatic rings. The molecule has 1 aliphatic carbocycles. The van der Waals surface area contributed by atoms with E-state index in [1.165, 1.54) is 6.20 Å². The van der Waals surface area contributed by atoms with Crippen LogP contribution >= 0.6 is 0 Å².